The predicted octanol–water partition coefficient (Wildman–Crippen LogP) is 4.31. The summed E-state index contributed by atoms with van der Waals surface area (Å²) in [5, 5.41) is 2.62. The molecule has 2 N–H and O–H groups in total. The molecule has 7 heteroatoms. The van der Waals surface area contributed by atoms with E-state index < -0.39 is 17.7 Å². The Kier molecular flexibility index (Phi) is 6.55. The second-order valence-corrected chi connectivity index (χ2v) is 6.98. The number of esters is 1. The Morgan fingerprint density at radius 2 is 1.74 bits per heavy atom. The third-order valence-electron chi connectivity index (χ3n) is 4.75. The minimum absolute atomic E-state index is 0.0240. The molecule has 0 saturated heterocycles. The number of ketones is 1. The van der Waals surface area contributed by atoms with Crippen LogP contribution in [0.1, 0.15) is 39.0 Å². The molecule has 1 amide bonds. The predicted molar refractivity (Wildman–Crippen MR) is 118 cm³/mol. The number of benzene rings is 2. The molecule has 0 unspecified atom stereocenters. The van der Waals surface area contributed by atoms with Crippen LogP contribution in [0.25, 0.3) is 11.1 Å². The summed E-state index contributed by atoms with van der Waals surface area (Å²) in [5.41, 5.74) is 3.05. The molecule has 0 fully saturated rings. The maximum atomic E-state index is 13.1. The normalized spacial score (nSPS) is 10.5. The van der Waals surface area contributed by atoms with Crippen LogP contribution in [0, 0.1) is 13.8 Å². The Morgan fingerprint density at radius 3 is 2.35 bits per heavy atom. The zero-order chi connectivity index (χ0) is 22.5. The van der Waals surface area contributed by atoms with Crippen molar-refractivity contribution in [3.8, 4) is 16.9 Å². The summed E-state index contributed by atoms with van der Waals surface area (Å²) in [5.74, 6) is -1.54. The maximum Gasteiger partial charge on any atom is 0.340 e. The van der Waals surface area contributed by atoms with E-state index in [0.29, 0.717) is 28.3 Å². The van der Waals surface area contributed by atoms with Crippen LogP contribution in [-0.2, 0) is 9.53 Å². The average molecular weight is 420 g/mol. The number of aromatic nitrogens is 1. The summed E-state index contributed by atoms with van der Waals surface area (Å²) in [7, 11) is 1.55. The SMILES string of the molecule is CCOC(=O)c1c(C)[nH]c(C(=O)C(=O)Nc2cccc(C)c2)c1-c1ccc(OC)cc1. The number of carbonyl (C=O) groups excluding carboxylic acids is 3. The summed E-state index contributed by atoms with van der Waals surface area (Å²) in [4.78, 5) is 41.3. The van der Waals surface area contributed by atoms with Gasteiger partial charge in [-0.1, -0.05) is 24.3 Å². The van der Waals surface area contributed by atoms with Gasteiger partial charge in [-0.2, -0.15) is 0 Å². The number of rotatable bonds is 7. The van der Waals surface area contributed by atoms with Gasteiger partial charge in [0.1, 0.15) is 11.4 Å². The number of ether oxygens (including phenoxy) is 2. The number of nitrogens with one attached hydrogen (secondary N) is 2. The van der Waals surface area contributed by atoms with Gasteiger partial charge in [-0.15, -0.1) is 0 Å². The Hall–Kier alpha value is -3.87. The van der Waals surface area contributed by atoms with Crippen molar-refractivity contribution in [3.05, 3.63) is 71.0 Å². The van der Waals surface area contributed by atoms with Crippen molar-refractivity contribution in [1.82, 2.24) is 4.98 Å². The van der Waals surface area contributed by atoms with E-state index in [1.165, 1.54) is 0 Å². The van der Waals surface area contributed by atoms with E-state index in [1.807, 2.05) is 13.0 Å². The summed E-state index contributed by atoms with van der Waals surface area (Å²) in [6, 6.07) is 14.0. The highest BCUT2D eigenvalue weighted by molar-refractivity contribution is 6.47. The molecule has 0 aliphatic heterocycles. The van der Waals surface area contributed by atoms with Crippen molar-refractivity contribution in [2.45, 2.75) is 20.8 Å². The van der Waals surface area contributed by atoms with Crippen LogP contribution in [-0.4, -0.2) is 36.4 Å². The molecule has 160 valence electrons. The number of aryl methyl sites for hydroxylation is 2. The van der Waals surface area contributed by atoms with Gasteiger partial charge in [-0.25, -0.2) is 4.79 Å². The third-order valence-corrected chi connectivity index (χ3v) is 4.75. The largest absolute Gasteiger partial charge is 0.497 e. The number of anilines is 1. The summed E-state index contributed by atoms with van der Waals surface area (Å²) >= 11 is 0. The fourth-order valence-electron chi connectivity index (χ4n) is 3.32. The molecule has 3 aromatic rings. The van der Waals surface area contributed by atoms with Gasteiger partial charge in [0.2, 0.25) is 0 Å². The van der Waals surface area contributed by atoms with E-state index in [0.717, 1.165) is 5.56 Å². The van der Waals surface area contributed by atoms with E-state index in [2.05, 4.69) is 10.3 Å². The molecule has 31 heavy (non-hydrogen) atoms. The summed E-state index contributed by atoms with van der Waals surface area (Å²) in [6.45, 7) is 5.44. The van der Waals surface area contributed by atoms with Crippen LogP contribution in [0.15, 0.2) is 48.5 Å². The standard InChI is InChI=1S/C24H24N2O5/c1-5-31-24(29)19-15(3)25-21(20(19)16-9-11-18(30-4)12-10-16)22(27)23(28)26-17-8-6-7-14(2)13-17/h6-13,25H,5H2,1-4H3,(H,26,28). The molecule has 0 radical (unpaired) electrons. The van der Waals surface area contributed by atoms with Crippen molar-refractivity contribution in [3.63, 3.8) is 0 Å². The lowest BCUT2D eigenvalue weighted by atomic mass is 9.98. The summed E-state index contributed by atoms with van der Waals surface area (Å²) in [6.07, 6.45) is 0. The zero-order valence-electron chi connectivity index (χ0n) is 17.9. The fraction of sp³-hybridized carbons (Fsp3) is 0.208. The van der Waals surface area contributed by atoms with Crippen LogP contribution >= 0.6 is 0 Å². The second kappa shape index (κ2) is 9.30. The van der Waals surface area contributed by atoms with Crippen molar-refractivity contribution in [1.29, 1.82) is 0 Å². The van der Waals surface area contributed by atoms with Crippen LogP contribution in [0.3, 0.4) is 0 Å². The van der Waals surface area contributed by atoms with Gasteiger partial charge < -0.3 is 19.8 Å². The molecule has 0 atom stereocenters. The molecule has 0 spiro atoms. The number of carbonyl (C=O) groups is 3. The van der Waals surface area contributed by atoms with Crippen molar-refractivity contribution in [2.24, 2.45) is 0 Å². The van der Waals surface area contributed by atoms with Gasteiger partial charge in [0.15, 0.2) is 0 Å². The molecule has 1 heterocycles. The topological polar surface area (TPSA) is 97.5 Å². The Bertz CT molecular complexity index is 1130. The molecule has 1 aromatic heterocycles. The molecule has 0 aliphatic rings. The van der Waals surface area contributed by atoms with Crippen molar-refractivity contribution in [2.75, 3.05) is 19.0 Å². The van der Waals surface area contributed by atoms with Crippen LogP contribution in [0.5, 0.6) is 5.75 Å². The number of Topliss-reactive ketones (excluding diaryl/α,β-unsaturated/α-hetero) is 1. The molecule has 0 aliphatic carbocycles. The smallest absolute Gasteiger partial charge is 0.340 e. The first-order valence-electron chi connectivity index (χ1n) is 9.82. The quantitative estimate of drug-likeness (QED) is 0.337. The fourth-order valence-corrected chi connectivity index (χ4v) is 3.32. The molecular formula is C24H24N2O5. The van der Waals surface area contributed by atoms with Gasteiger partial charge in [-0.3, -0.25) is 9.59 Å². The Labute approximate surface area is 180 Å². The monoisotopic (exact) mass is 420 g/mol. The van der Waals surface area contributed by atoms with E-state index in [9.17, 15) is 14.4 Å². The maximum absolute atomic E-state index is 13.1. The number of H-pyrrole nitrogens is 1. The first kappa shape index (κ1) is 21.8. The number of amides is 1. The Morgan fingerprint density at radius 1 is 1.03 bits per heavy atom. The zero-order valence-corrected chi connectivity index (χ0v) is 17.9. The number of methoxy groups -OCH3 is 1. The lowest BCUT2D eigenvalue weighted by Crippen LogP contribution is -2.24. The Balaban J connectivity index is 2.05. The highest BCUT2D eigenvalue weighted by atomic mass is 16.5. The van der Waals surface area contributed by atoms with E-state index in [4.69, 9.17) is 9.47 Å². The number of aromatic amines is 1. The van der Waals surface area contributed by atoms with E-state index in [1.54, 1.807) is 63.4 Å². The van der Waals surface area contributed by atoms with Crippen LogP contribution in [0.2, 0.25) is 0 Å². The van der Waals surface area contributed by atoms with Gasteiger partial charge >= 0.3 is 5.97 Å². The highest BCUT2D eigenvalue weighted by Gasteiger charge is 2.29. The molecule has 0 bridgehead atoms. The molecule has 0 saturated carbocycles. The number of hydrogen-bond donors (Lipinski definition) is 2. The van der Waals surface area contributed by atoms with E-state index in [-0.39, 0.29) is 17.9 Å². The van der Waals surface area contributed by atoms with Crippen LogP contribution < -0.4 is 10.1 Å². The minimum Gasteiger partial charge on any atom is -0.497 e. The molecule has 7 nitrogen and oxygen atoms in total. The lowest BCUT2D eigenvalue weighted by Gasteiger charge is -2.09. The highest BCUT2D eigenvalue weighted by Crippen LogP contribution is 2.32. The summed E-state index contributed by atoms with van der Waals surface area (Å²) < 4.78 is 10.4. The van der Waals surface area contributed by atoms with Gasteiger partial charge in [0.05, 0.1) is 19.3 Å². The molecule has 2 aromatic carbocycles. The van der Waals surface area contributed by atoms with Gasteiger partial charge in [0, 0.05) is 16.9 Å². The molecular weight excluding hydrogens is 396 g/mol. The van der Waals surface area contributed by atoms with E-state index >= 15 is 0 Å². The third kappa shape index (κ3) is 4.66. The van der Waals surface area contributed by atoms with Crippen molar-refractivity contribution < 1.29 is 23.9 Å². The second-order valence-electron chi connectivity index (χ2n) is 6.98. The number of hydrogen-bond acceptors (Lipinski definition) is 5. The lowest BCUT2D eigenvalue weighted by molar-refractivity contribution is -0.112. The molecule has 3 rings (SSSR count). The van der Waals surface area contributed by atoms with Crippen LogP contribution in [0.4, 0.5) is 5.69 Å². The average Bonchev–Trinajstić information content (AvgIpc) is 3.10. The van der Waals surface area contributed by atoms with Crippen molar-refractivity contribution >= 4 is 23.3 Å². The first-order chi connectivity index (χ1) is 14.8. The first-order valence-corrected chi connectivity index (χ1v) is 9.82. The minimum atomic E-state index is -0.808. The van der Waals surface area contributed by atoms with Gasteiger partial charge in [-0.05, 0) is 56.2 Å². The van der Waals surface area contributed by atoms with Gasteiger partial charge in [0.25, 0.3) is 11.7 Å².